The third-order valence-electron chi connectivity index (χ3n) is 2.36. The van der Waals surface area contributed by atoms with Crippen molar-refractivity contribution < 1.29 is 9.90 Å². The molecule has 0 aromatic heterocycles. The van der Waals surface area contributed by atoms with Gasteiger partial charge in [0.05, 0.1) is 10.0 Å². The summed E-state index contributed by atoms with van der Waals surface area (Å²) >= 11 is 13.3. The maximum absolute atomic E-state index is 11.8. The summed E-state index contributed by atoms with van der Waals surface area (Å²) in [7, 11) is 0. The first-order chi connectivity index (χ1) is 9.06. The fourth-order valence-corrected chi connectivity index (χ4v) is 2.43. The Morgan fingerprint density at radius 3 is 2.74 bits per heavy atom. The fourth-order valence-electron chi connectivity index (χ4n) is 1.48. The first-order valence-electron chi connectivity index (χ1n) is 5.69. The van der Waals surface area contributed by atoms with E-state index in [1.165, 1.54) is 0 Å². The molecule has 3 N–H and O–H groups in total. The summed E-state index contributed by atoms with van der Waals surface area (Å²) in [5.41, 5.74) is 0.568. The molecule has 7 heteroatoms. The quantitative estimate of drug-likeness (QED) is 0.753. The highest BCUT2D eigenvalue weighted by atomic mass is 35.5. The van der Waals surface area contributed by atoms with Gasteiger partial charge in [0.2, 0.25) is 0 Å². The summed E-state index contributed by atoms with van der Waals surface area (Å²) in [5.74, 6) is 0.745. The van der Waals surface area contributed by atoms with Gasteiger partial charge in [-0.1, -0.05) is 23.2 Å². The summed E-state index contributed by atoms with van der Waals surface area (Å²) < 4.78 is 0. The second kappa shape index (κ2) is 8.53. The summed E-state index contributed by atoms with van der Waals surface area (Å²) in [6.45, 7) is 0.0400. The normalized spacial score (nSPS) is 12.0. The number of amides is 2. The van der Waals surface area contributed by atoms with Crippen molar-refractivity contribution in [3.05, 3.63) is 28.2 Å². The average molecular weight is 323 g/mol. The minimum Gasteiger partial charge on any atom is -0.396 e. The zero-order valence-electron chi connectivity index (χ0n) is 10.5. The minimum absolute atomic E-state index is 0.0400. The smallest absolute Gasteiger partial charge is 0.319 e. The molecule has 0 radical (unpaired) electrons. The SMILES string of the molecule is CSCC(CCO)NC(=O)Nc1ccc(Cl)c(Cl)c1. The second-order valence-corrected chi connectivity index (χ2v) is 5.62. The lowest BCUT2D eigenvalue weighted by atomic mass is 10.2. The maximum Gasteiger partial charge on any atom is 0.319 e. The molecule has 2 amide bonds. The first-order valence-corrected chi connectivity index (χ1v) is 7.84. The number of hydrogen-bond acceptors (Lipinski definition) is 3. The summed E-state index contributed by atoms with van der Waals surface area (Å²) in [5, 5.41) is 15.2. The molecule has 0 aliphatic carbocycles. The molecule has 1 aromatic carbocycles. The van der Waals surface area contributed by atoms with Crippen molar-refractivity contribution in [2.75, 3.05) is 23.9 Å². The number of carbonyl (C=O) groups excluding carboxylic acids is 1. The molecule has 0 heterocycles. The number of thioether (sulfide) groups is 1. The third kappa shape index (κ3) is 5.91. The van der Waals surface area contributed by atoms with Crippen LogP contribution >= 0.6 is 35.0 Å². The molecule has 0 saturated carbocycles. The number of halogens is 2. The first kappa shape index (κ1) is 16.4. The molecule has 106 valence electrons. The van der Waals surface area contributed by atoms with Gasteiger partial charge in [-0.3, -0.25) is 0 Å². The van der Waals surface area contributed by atoms with E-state index >= 15 is 0 Å². The van der Waals surface area contributed by atoms with E-state index in [-0.39, 0.29) is 18.7 Å². The van der Waals surface area contributed by atoms with E-state index < -0.39 is 0 Å². The Kier molecular flexibility index (Phi) is 7.38. The third-order valence-corrected chi connectivity index (χ3v) is 3.83. The molecule has 0 fully saturated rings. The topological polar surface area (TPSA) is 61.4 Å². The van der Waals surface area contributed by atoms with E-state index in [2.05, 4.69) is 10.6 Å². The molecule has 4 nitrogen and oxygen atoms in total. The summed E-state index contributed by atoms with van der Waals surface area (Å²) in [4.78, 5) is 11.8. The predicted molar refractivity (Wildman–Crippen MR) is 82.5 cm³/mol. The number of benzene rings is 1. The van der Waals surface area contributed by atoms with Crippen molar-refractivity contribution in [1.29, 1.82) is 0 Å². The van der Waals surface area contributed by atoms with Crippen molar-refractivity contribution in [2.45, 2.75) is 12.5 Å². The van der Waals surface area contributed by atoms with Gasteiger partial charge in [-0.15, -0.1) is 0 Å². The Hall–Kier alpha value is -0.620. The van der Waals surface area contributed by atoms with Crippen LogP contribution in [0.15, 0.2) is 18.2 Å². The van der Waals surface area contributed by atoms with Gasteiger partial charge in [-0.2, -0.15) is 11.8 Å². The van der Waals surface area contributed by atoms with E-state index in [9.17, 15) is 4.79 Å². The van der Waals surface area contributed by atoms with Crippen molar-refractivity contribution >= 4 is 46.7 Å². The zero-order valence-corrected chi connectivity index (χ0v) is 12.8. The van der Waals surface area contributed by atoms with Crippen LogP contribution in [-0.2, 0) is 0 Å². The summed E-state index contributed by atoms with van der Waals surface area (Å²) in [6, 6.07) is 4.48. The van der Waals surface area contributed by atoms with Gasteiger partial charge >= 0.3 is 6.03 Å². The zero-order chi connectivity index (χ0) is 14.3. The molecular formula is C12H16Cl2N2O2S. The van der Waals surface area contributed by atoms with Crippen molar-refractivity contribution in [2.24, 2.45) is 0 Å². The second-order valence-electron chi connectivity index (χ2n) is 3.89. The lowest BCUT2D eigenvalue weighted by molar-refractivity contribution is 0.241. The molecule has 0 saturated heterocycles. The molecule has 1 atom stereocenters. The van der Waals surface area contributed by atoms with Crippen LogP contribution in [-0.4, -0.2) is 35.8 Å². The number of hydrogen-bond donors (Lipinski definition) is 3. The Bertz CT molecular complexity index is 426. The van der Waals surface area contributed by atoms with Crippen LogP contribution in [0.3, 0.4) is 0 Å². The highest BCUT2D eigenvalue weighted by Crippen LogP contribution is 2.24. The number of carbonyl (C=O) groups is 1. The largest absolute Gasteiger partial charge is 0.396 e. The van der Waals surface area contributed by atoms with Crippen molar-refractivity contribution in [3.63, 3.8) is 0 Å². The van der Waals surface area contributed by atoms with E-state index in [4.69, 9.17) is 28.3 Å². The van der Waals surface area contributed by atoms with Gasteiger partial charge in [-0.25, -0.2) is 4.79 Å². The Morgan fingerprint density at radius 2 is 2.16 bits per heavy atom. The monoisotopic (exact) mass is 322 g/mol. The lowest BCUT2D eigenvalue weighted by Crippen LogP contribution is -2.40. The molecule has 0 spiro atoms. The van der Waals surface area contributed by atoms with Crippen LogP contribution < -0.4 is 10.6 Å². The number of rotatable bonds is 6. The number of aliphatic hydroxyl groups excluding tert-OH is 1. The predicted octanol–water partition coefficient (Wildman–Crippen LogP) is 3.23. The Morgan fingerprint density at radius 1 is 1.42 bits per heavy atom. The van der Waals surface area contributed by atoms with Crippen LogP contribution in [0.5, 0.6) is 0 Å². The Balaban J connectivity index is 2.55. The van der Waals surface area contributed by atoms with E-state index in [1.54, 1.807) is 30.0 Å². The van der Waals surface area contributed by atoms with Crippen LogP contribution in [0.2, 0.25) is 10.0 Å². The van der Waals surface area contributed by atoms with Crippen LogP contribution in [0.25, 0.3) is 0 Å². The number of nitrogens with one attached hydrogen (secondary N) is 2. The lowest BCUT2D eigenvalue weighted by Gasteiger charge is -2.17. The molecular weight excluding hydrogens is 307 g/mol. The van der Waals surface area contributed by atoms with Gasteiger partial charge in [0.1, 0.15) is 0 Å². The van der Waals surface area contributed by atoms with Gasteiger partial charge in [-0.05, 0) is 30.9 Å². The molecule has 1 unspecified atom stereocenters. The van der Waals surface area contributed by atoms with Crippen LogP contribution in [0.1, 0.15) is 6.42 Å². The molecule has 0 bridgehead atoms. The highest BCUT2D eigenvalue weighted by Gasteiger charge is 2.11. The molecule has 0 aliphatic heterocycles. The Labute approximate surface area is 126 Å². The maximum atomic E-state index is 11.8. The molecule has 0 aliphatic rings. The average Bonchev–Trinajstić information content (AvgIpc) is 2.34. The fraction of sp³-hybridized carbons (Fsp3) is 0.417. The summed E-state index contributed by atoms with van der Waals surface area (Å²) in [6.07, 6.45) is 2.47. The van der Waals surface area contributed by atoms with Crippen molar-refractivity contribution in [1.82, 2.24) is 5.32 Å². The van der Waals surface area contributed by atoms with Gasteiger partial charge < -0.3 is 15.7 Å². The standard InChI is InChI=1S/C12H16Cl2N2O2S/c1-19-7-9(4-5-17)16-12(18)15-8-2-3-10(13)11(14)6-8/h2-3,6,9,17H,4-5,7H2,1H3,(H2,15,16,18). The van der Waals surface area contributed by atoms with Gasteiger partial charge in [0.25, 0.3) is 0 Å². The molecule has 1 aromatic rings. The van der Waals surface area contributed by atoms with E-state index in [1.807, 2.05) is 6.26 Å². The van der Waals surface area contributed by atoms with E-state index in [0.29, 0.717) is 22.2 Å². The van der Waals surface area contributed by atoms with Gasteiger partial charge in [0, 0.05) is 24.1 Å². The van der Waals surface area contributed by atoms with E-state index in [0.717, 1.165) is 5.75 Å². The minimum atomic E-state index is -0.328. The van der Waals surface area contributed by atoms with Crippen LogP contribution in [0.4, 0.5) is 10.5 Å². The molecule has 1 rings (SSSR count). The number of aliphatic hydroxyl groups is 1. The van der Waals surface area contributed by atoms with Crippen molar-refractivity contribution in [3.8, 4) is 0 Å². The number of urea groups is 1. The molecule has 19 heavy (non-hydrogen) atoms. The van der Waals surface area contributed by atoms with Crippen LogP contribution in [0, 0.1) is 0 Å². The highest BCUT2D eigenvalue weighted by molar-refractivity contribution is 7.98. The number of anilines is 1. The van der Waals surface area contributed by atoms with Gasteiger partial charge in [0.15, 0.2) is 0 Å².